The summed E-state index contributed by atoms with van der Waals surface area (Å²) < 4.78 is 5.26. The van der Waals surface area contributed by atoms with Crippen LogP contribution in [0.3, 0.4) is 0 Å². The maximum atomic E-state index is 14.2. The first-order valence-corrected chi connectivity index (χ1v) is 11.4. The van der Waals surface area contributed by atoms with Crippen LogP contribution < -0.4 is 0 Å². The minimum Gasteiger partial charge on any atom is -0.466 e. The van der Waals surface area contributed by atoms with Crippen LogP contribution >= 0.6 is 0 Å². The van der Waals surface area contributed by atoms with E-state index in [-0.39, 0.29) is 23.8 Å². The molecule has 4 aromatic rings. The van der Waals surface area contributed by atoms with E-state index >= 15 is 0 Å². The van der Waals surface area contributed by atoms with Crippen molar-refractivity contribution in [2.24, 2.45) is 5.41 Å². The standard InChI is InChI=1S/C27H24N4O4/c1-30-21(32)12-27(24(30)18-14-29-20-11-7-5-9-16(18)20)22(25(33)35-3)23(31(2)26(27)34)17-13-28-19-10-6-4-8-15(17)19/h4-11,13-14,24,28-29H,12H2,1-3H3. The van der Waals surface area contributed by atoms with Gasteiger partial charge >= 0.3 is 5.97 Å². The number of amides is 2. The van der Waals surface area contributed by atoms with E-state index in [4.69, 9.17) is 4.74 Å². The molecule has 8 heteroatoms. The molecule has 176 valence electrons. The second-order valence-electron chi connectivity index (χ2n) is 9.17. The number of aromatic nitrogens is 2. The number of esters is 1. The number of fused-ring (bicyclic) bond motifs is 2. The summed E-state index contributed by atoms with van der Waals surface area (Å²) in [6.45, 7) is 0. The number of carbonyl (C=O) groups excluding carboxylic acids is 3. The van der Waals surface area contributed by atoms with Gasteiger partial charge in [-0.25, -0.2) is 4.79 Å². The number of nitrogens with zero attached hydrogens (tertiary/aromatic N) is 2. The van der Waals surface area contributed by atoms with Crippen molar-refractivity contribution < 1.29 is 19.1 Å². The second-order valence-corrected chi connectivity index (χ2v) is 9.17. The predicted molar refractivity (Wildman–Crippen MR) is 131 cm³/mol. The topological polar surface area (TPSA) is 98.5 Å². The molecule has 0 bridgehead atoms. The summed E-state index contributed by atoms with van der Waals surface area (Å²) >= 11 is 0. The van der Waals surface area contributed by atoms with E-state index in [9.17, 15) is 14.4 Å². The summed E-state index contributed by atoms with van der Waals surface area (Å²) in [5.74, 6) is -1.12. The van der Waals surface area contributed by atoms with Crippen molar-refractivity contribution in [2.45, 2.75) is 12.5 Å². The molecular formula is C27H24N4O4. The highest BCUT2D eigenvalue weighted by Crippen LogP contribution is 2.59. The molecule has 0 radical (unpaired) electrons. The molecule has 2 atom stereocenters. The molecule has 2 amide bonds. The van der Waals surface area contributed by atoms with Crippen molar-refractivity contribution in [1.82, 2.24) is 19.8 Å². The van der Waals surface area contributed by atoms with E-state index in [1.165, 1.54) is 12.0 Å². The molecule has 2 unspecified atom stereocenters. The van der Waals surface area contributed by atoms with Gasteiger partial charge in [0, 0.05) is 65.8 Å². The highest BCUT2D eigenvalue weighted by Gasteiger charge is 2.66. The Morgan fingerprint density at radius 3 is 2.31 bits per heavy atom. The Morgan fingerprint density at radius 1 is 0.971 bits per heavy atom. The number of hydrogen-bond acceptors (Lipinski definition) is 4. The molecule has 2 aliphatic heterocycles. The van der Waals surface area contributed by atoms with Gasteiger partial charge < -0.3 is 24.5 Å². The highest BCUT2D eigenvalue weighted by molar-refractivity contribution is 6.18. The average Bonchev–Trinajstić information content (AvgIpc) is 3.59. The van der Waals surface area contributed by atoms with Gasteiger partial charge in [-0.1, -0.05) is 36.4 Å². The number of ether oxygens (including phenoxy) is 1. The molecule has 4 heterocycles. The minimum absolute atomic E-state index is 0.118. The highest BCUT2D eigenvalue weighted by atomic mass is 16.5. The van der Waals surface area contributed by atoms with Crippen LogP contribution in [0, 0.1) is 5.41 Å². The first kappa shape index (κ1) is 21.2. The number of carbonyl (C=O) groups is 3. The zero-order chi connectivity index (χ0) is 24.5. The van der Waals surface area contributed by atoms with E-state index in [0.717, 1.165) is 27.4 Å². The molecular weight excluding hydrogens is 444 g/mol. The largest absolute Gasteiger partial charge is 0.466 e. The van der Waals surface area contributed by atoms with Gasteiger partial charge in [0.1, 0.15) is 5.41 Å². The van der Waals surface area contributed by atoms with Crippen LogP contribution in [0.5, 0.6) is 0 Å². The lowest BCUT2D eigenvalue weighted by molar-refractivity contribution is -0.142. The first-order valence-electron chi connectivity index (χ1n) is 11.4. The van der Waals surface area contributed by atoms with E-state index in [1.54, 1.807) is 25.2 Å². The van der Waals surface area contributed by atoms with E-state index in [1.807, 2.05) is 54.7 Å². The van der Waals surface area contributed by atoms with Crippen molar-refractivity contribution in [2.75, 3.05) is 21.2 Å². The number of hydrogen-bond donors (Lipinski definition) is 2. The Bertz CT molecular complexity index is 1580. The quantitative estimate of drug-likeness (QED) is 0.449. The van der Waals surface area contributed by atoms with Gasteiger partial charge in [-0.2, -0.15) is 0 Å². The third kappa shape index (κ3) is 2.65. The van der Waals surface area contributed by atoms with Gasteiger partial charge in [-0.3, -0.25) is 9.59 Å². The lowest BCUT2D eigenvalue weighted by Gasteiger charge is -2.33. The normalized spacial score (nSPS) is 22.4. The summed E-state index contributed by atoms with van der Waals surface area (Å²) in [5, 5.41) is 1.78. The number of aromatic amines is 2. The van der Waals surface area contributed by atoms with Crippen molar-refractivity contribution >= 4 is 45.3 Å². The molecule has 8 nitrogen and oxygen atoms in total. The number of H-pyrrole nitrogens is 2. The molecule has 2 aliphatic rings. The Morgan fingerprint density at radius 2 is 1.60 bits per heavy atom. The zero-order valence-corrected chi connectivity index (χ0v) is 19.6. The lowest BCUT2D eigenvalue weighted by Crippen LogP contribution is -2.41. The number of rotatable bonds is 3. The average molecular weight is 469 g/mol. The fraction of sp³-hybridized carbons (Fsp3) is 0.222. The van der Waals surface area contributed by atoms with Crippen LogP contribution in [0.1, 0.15) is 23.6 Å². The first-order chi connectivity index (χ1) is 16.9. The van der Waals surface area contributed by atoms with Gasteiger partial charge in [-0.05, 0) is 12.1 Å². The third-order valence-electron chi connectivity index (χ3n) is 7.53. The van der Waals surface area contributed by atoms with Crippen LogP contribution in [0.25, 0.3) is 27.5 Å². The van der Waals surface area contributed by atoms with Crippen molar-refractivity contribution in [3.63, 3.8) is 0 Å². The monoisotopic (exact) mass is 468 g/mol. The Balaban J connectivity index is 1.68. The molecule has 2 aromatic carbocycles. The van der Waals surface area contributed by atoms with E-state index in [2.05, 4.69) is 9.97 Å². The SMILES string of the molecule is COC(=O)C1=C(c2c[nH]c3ccccc23)N(C)C(=O)C12CC(=O)N(C)C2c1c[nH]c2ccccc12. The summed E-state index contributed by atoms with van der Waals surface area (Å²) in [6.07, 6.45) is 3.51. The molecule has 1 fully saturated rings. The van der Waals surface area contributed by atoms with Gasteiger partial charge in [0.05, 0.1) is 24.4 Å². The molecule has 1 saturated heterocycles. The van der Waals surface area contributed by atoms with Crippen molar-refractivity contribution in [3.05, 3.63) is 77.6 Å². The molecule has 2 N–H and O–H groups in total. The van der Waals surface area contributed by atoms with E-state index < -0.39 is 17.4 Å². The molecule has 6 rings (SSSR count). The summed E-state index contributed by atoms with van der Waals surface area (Å²) in [5.41, 5.74) is 2.54. The number of methoxy groups -OCH3 is 1. The Kier molecular flexibility index (Phi) is 4.45. The predicted octanol–water partition coefficient (Wildman–Crippen LogP) is 3.60. The Labute approximate surface area is 201 Å². The fourth-order valence-corrected chi connectivity index (χ4v) is 6.00. The third-order valence-corrected chi connectivity index (χ3v) is 7.53. The van der Waals surface area contributed by atoms with Gasteiger partial charge in [0.2, 0.25) is 11.8 Å². The molecule has 0 saturated carbocycles. The number of nitrogens with one attached hydrogen (secondary N) is 2. The van der Waals surface area contributed by atoms with Gasteiger partial charge in [0.25, 0.3) is 0 Å². The number of likely N-dealkylation sites (tertiary alicyclic amines) is 1. The summed E-state index contributed by atoms with van der Waals surface area (Å²) in [7, 11) is 4.65. The van der Waals surface area contributed by atoms with Crippen LogP contribution in [0.15, 0.2) is 66.5 Å². The smallest absolute Gasteiger partial charge is 0.337 e. The summed E-state index contributed by atoms with van der Waals surface area (Å²) in [6, 6.07) is 14.8. The molecule has 2 aromatic heterocycles. The van der Waals surface area contributed by atoms with Gasteiger partial charge in [0.15, 0.2) is 0 Å². The zero-order valence-electron chi connectivity index (χ0n) is 19.6. The summed E-state index contributed by atoms with van der Waals surface area (Å²) in [4.78, 5) is 50.5. The van der Waals surface area contributed by atoms with Gasteiger partial charge in [-0.15, -0.1) is 0 Å². The lowest BCUT2D eigenvalue weighted by atomic mass is 9.71. The van der Waals surface area contributed by atoms with Crippen molar-refractivity contribution in [1.29, 1.82) is 0 Å². The minimum atomic E-state index is -1.42. The second kappa shape index (κ2) is 7.33. The van der Waals surface area contributed by atoms with Crippen molar-refractivity contribution in [3.8, 4) is 0 Å². The number of para-hydroxylation sites is 2. The molecule has 0 aliphatic carbocycles. The Hall–Kier alpha value is -4.33. The maximum absolute atomic E-state index is 14.2. The van der Waals surface area contributed by atoms with E-state index in [0.29, 0.717) is 11.3 Å². The number of benzene rings is 2. The molecule has 35 heavy (non-hydrogen) atoms. The van der Waals surface area contributed by atoms with Crippen LogP contribution in [0.2, 0.25) is 0 Å². The maximum Gasteiger partial charge on any atom is 0.337 e. The molecule has 1 spiro atoms. The van der Waals surface area contributed by atoms with Crippen LogP contribution in [-0.4, -0.2) is 58.8 Å². The van der Waals surface area contributed by atoms with Crippen LogP contribution in [-0.2, 0) is 19.1 Å². The fourth-order valence-electron chi connectivity index (χ4n) is 6.00. The van der Waals surface area contributed by atoms with Crippen LogP contribution in [0.4, 0.5) is 0 Å².